The van der Waals surface area contributed by atoms with Crippen molar-refractivity contribution in [2.24, 2.45) is 10.9 Å². The molecule has 0 aromatic rings. The second kappa shape index (κ2) is 10.7. The van der Waals surface area contributed by atoms with Crippen molar-refractivity contribution < 1.29 is 5.11 Å². The zero-order valence-corrected chi connectivity index (χ0v) is 17.3. The van der Waals surface area contributed by atoms with Gasteiger partial charge in [-0.25, -0.2) is 0 Å². The quantitative estimate of drug-likeness (QED) is 0.393. The molecule has 2 fully saturated rings. The first-order chi connectivity index (χ1) is 10.6. The molecule has 2 aliphatic rings. The van der Waals surface area contributed by atoms with Crippen LogP contribution in [0.1, 0.15) is 45.4 Å². The molecule has 1 heterocycles. The lowest BCUT2D eigenvalue weighted by Crippen LogP contribution is -2.43. The van der Waals surface area contributed by atoms with E-state index in [1.807, 2.05) is 0 Å². The summed E-state index contributed by atoms with van der Waals surface area (Å²) in [7, 11) is 4.36. The van der Waals surface area contributed by atoms with Gasteiger partial charge in [0.05, 0.1) is 12.6 Å². The van der Waals surface area contributed by atoms with Crippen LogP contribution in [0, 0.1) is 5.92 Å². The van der Waals surface area contributed by atoms with E-state index in [9.17, 15) is 5.11 Å². The average molecular weight is 438 g/mol. The smallest absolute Gasteiger partial charge is 0.194 e. The van der Waals surface area contributed by atoms with Crippen LogP contribution < -0.4 is 5.32 Å². The Morgan fingerprint density at radius 1 is 1.26 bits per heavy atom. The Labute approximate surface area is 158 Å². The third-order valence-electron chi connectivity index (χ3n) is 5.08. The second-order valence-electron chi connectivity index (χ2n) is 7.01. The third kappa shape index (κ3) is 6.38. The number of nitrogens with one attached hydrogen (secondary N) is 1. The monoisotopic (exact) mass is 438 g/mol. The van der Waals surface area contributed by atoms with Crippen LogP contribution in [0.3, 0.4) is 0 Å². The van der Waals surface area contributed by atoms with Crippen LogP contribution in [-0.2, 0) is 0 Å². The highest BCUT2D eigenvalue weighted by Gasteiger charge is 2.27. The molecule has 136 valence electrons. The molecule has 0 amide bonds. The van der Waals surface area contributed by atoms with Gasteiger partial charge < -0.3 is 20.2 Å². The largest absolute Gasteiger partial charge is 0.391 e. The van der Waals surface area contributed by atoms with Gasteiger partial charge in [0, 0.05) is 25.7 Å². The SMILES string of the molecule is CCNC(=NCC(C1CCCCC1)N(C)C)N1CC[C@@H](O)C1.I. The summed E-state index contributed by atoms with van der Waals surface area (Å²) in [5.74, 6) is 1.75. The van der Waals surface area contributed by atoms with Gasteiger partial charge in [0.1, 0.15) is 0 Å². The molecule has 1 saturated carbocycles. The molecule has 2 rings (SSSR count). The third-order valence-corrected chi connectivity index (χ3v) is 5.08. The normalized spacial score (nSPS) is 24.7. The van der Waals surface area contributed by atoms with E-state index in [1.54, 1.807) is 0 Å². The molecule has 5 nitrogen and oxygen atoms in total. The fourth-order valence-corrected chi connectivity index (χ4v) is 3.79. The van der Waals surface area contributed by atoms with Crippen molar-refractivity contribution in [3.63, 3.8) is 0 Å². The lowest BCUT2D eigenvalue weighted by molar-refractivity contribution is 0.175. The van der Waals surface area contributed by atoms with Gasteiger partial charge in [-0.15, -0.1) is 24.0 Å². The standard InChI is InChI=1S/C17H34N4O.HI/c1-4-18-17(21-11-10-15(22)13-21)19-12-16(20(2)3)14-8-6-5-7-9-14;/h14-16,22H,4-13H2,1-3H3,(H,18,19);1H/t15-,16?;/m1./s1. The Bertz CT molecular complexity index is 359. The van der Waals surface area contributed by atoms with Gasteiger partial charge in [-0.3, -0.25) is 4.99 Å². The van der Waals surface area contributed by atoms with E-state index in [2.05, 4.69) is 36.1 Å². The van der Waals surface area contributed by atoms with Gasteiger partial charge in [-0.2, -0.15) is 0 Å². The Balaban J connectivity index is 0.00000264. The predicted molar refractivity (Wildman–Crippen MR) is 108 cm³/mol. The number of likely N-dealkylation sites (tertiary alicyclic amines) is 1. The summed E-state index contributed by atoms with van der Waals surface area (Å²) >= 11 is 0. The van der Waals surface area contributed by atoms with Crippen molar-refractivity contribution in [1.29, 1.82) is 0 Å². The first-order valence-electron chi connectivity index (χ1n) is 8.99. The molecule has 1 aliphatic heterocycles. The molecule has 6 heteroatoms. The lowest BCUT2D eigenvalue weighted by atomic mass is 9.83. The van der Waals surface area contributed by atoms with Gasteiger partial charge in [-0.05, 0) is 46.2 Å². The van der Waals surface area contributed by atoms with Crippen LogP contribution in [-0.4, -0.2) is 73.3 Å². The van der Waals surface area contributed by atoms with Crippen molar-refractivity contribution in [1.82, 2.24) is 15.1 Å². The molecule has 0 aromatic heterocycles. The molecule has 1 unspecified atom stereocenters. The Morgan fingerprint density at radius 2 is 1.96 bits per heavy atom. The molecular weight excluding hydrogens is 403 g/mol. The fraction of sp³-hybridized carbons (Fsp3) is 0.941. The molecule has 0 bridgehead atoms. The summed E-state index contributed by atoms with van der Waals surface area (Å²) in [6, 6.07) is 0.529. The summed E-state index contributed by atoms with van der Waals surface area (Å²) in [5, 5.41) is 13.1. The van der Waals surface area contributed by atoms with E-state index in [1.165, 1.54) is 32.1 Å². The van der Waals surface area contributed by atoms with Crippen molar-refractivity contribution in [3.8, 4) is 0 Å². The summed E-state index contributed by atoms with van der Waals surface area (Å²) in [6.45, 7) is 5.45. The molecule has 1 aliphatic carbocycles. The number of nitrogens with zero attached hydrogens (tertiary/aromatic N) is 3. The van der Waals surface area contributed by atoms with Crippen LogP contribution in [0.5, 0.6) is 0 Å². The van der Waals surface area contributed by atoms with Crippen LogP contribution >= 0.6 is 24.0 Å². The number of likely N-dealkylation sites (N-methyl/N-ethyl adjacent to an activating group) is 1. The van der Waals surface area contributed by atoms with E-state index in [0.29, 0.717) is 12.6 Å². The number of hydrogen-bond donors (Lipinski definition) is 2. The van der Waals surface area contributed by atoms with Gasteiger partial charge >= 0.3 is 0 Å². The highest BCUT2D eigenvalue weighted by Crippen LogP contribution is 2.28. The topological polar surface area (TPSA) is 51.1 Å². The first-order valence-corrected chi connectivity index (χ1v) is 8.99. The van der Waals surface area contributed by atoms with E-state index in [4.69, 9.17) is 4.99 Å². The molecule has 0 radical (unpaired) electrons. The Hall–Kier alpha value is -0.0800. The van der Waals surface area contributed by atoms with Gasteiger partial charge in [0.2, 0.25) is 0 Å². The van der Waals surface area contributed by atoms with Crippen molar-refractivity contribution in [2.45, 2.75) is 57.6 Å². The number of hydrogen-bond acceptors (Lipinski definition) is 3. The number of aliphatic hydroxyl groups excluding tert-OH is 1. The summed E-state index contributed by atoms with van der Waals surface area (Å²) in [4.78, 5) is 9.45. The van der Waals surface area contributed by atoms with Crippen LogP contribution in [0.25, 0.3) is 0 Å². The molecule has 0 spiro atoms. The fourth-order valence-electron chi connectivity index (χ4n) is 3.79. The second-order valence-corrected chi connectivity index (χ2v) is 7.01. The van der Waals surface area contributed by atoms with Gasteiger partial charge in [0.15, 0.2) is 5.96 Å². The molecule has 2 atom stereocenters. The minimum Gasteiger partial charge on any atom is -0.391 e. The minimum atomic E-state index is -0.202. The maximum Gasteiger partial charge on any atom is 0.194 e. The van der Waals surface area contributed by atoms with E-state index < -0.39 is 0 Å². The van der Waals surface area contributed by atoms with Crippen molar-refractivity contribution in [3.05, 3.63) is 0 Å². The van der Waals surface area contributed by atoms with E-state index in [0.717, 1.165) is 37.9 Å². The molecule has 1 saturated heterocycles. The Morgan fingerprint density at radius 3 is 2.48 bits per heavy atom. The zero-order chi connectivity index (χ0) is 15.9. The van der Waals surface area contributed by atoms with Crippen LogP contribution in [0.15, 0.2) is 4.99 Å². The van der Waals surface area contributed by atoms with Crippen LogP contribution in [0.2, 0.25) is 0 Å². The lowest BCUT2D eigenvalue weighted by Gasteiger charge is -2.34. The minimum absolute atomic E-state index is 0. The number of aliphatic hydroxyl groups is 1. The number of halogens is 1. The van der Waals surface area contributed by atoms with Crippen molar-refractivity contribution >= 4 is 29.9 Å². The molecular formula is C17H35IN4O. The maximum atomic E-state index is 9.75. The maximum absolute atomic E-state index is 9.75. The molecule has 0 aromatic carbocycles. The summed E-state index contributed by atoms with van der Waals surface area (Å²) in [6.07, 6.45) is 7.48. The summed E-state index contributed by atoms with van der Waals surface area (Å²) < 4.78 is 0. The van der Waals surface area contributed by atoms with Gasteiger partial charge in [-0.1, -0.05) is 19.3 Å². The Kier molecular flexibility index (Phi) is 9.77. The predicted octanol–water partition coefficient (Wildman–Crippen LogP) is 2.15. The number of guanidine groups is 1. The number of aliphatic imine (C=N–C) groups is 1. The van der Waals surface area contributed by atoms with E-state index >= 15 is 0 Å². The van der Waals surface area contributed by atoms with Gasteiger partial charge in [0.25, 0.3) is 0 Å². The molecule has 23 heavy (non-hydrogen) atoms. The van der Waals surface area contributed by atoms with E-state index in [-0.39, 0.29) is 30.1 Å². The average Bonchev–Trinajstić information content (AvgIpc) is 2.93. The number of β-amino-alcohol motifs (C(OH)–C–C–N with tert-alkyl or cyclic N) is 1. The molecule has 2 N–H and O–H groups in total. The zero-order valence-electron chi connectivity index (χ0n) is 15.0. The number of rotatable bonds is 5. The van der Waals surface area contributed by atoms with Crippen molar-refractivity contribution in [2.75, 3.05) is 40.3 Å². The highest BCUT2D eigenvalue weighted by atomic mass is 127. The summed E-state index contributed by atoms with van der Waals surface area (Å²) in [5.41, 5.74) is 0. The first kappa shape index (κ1) is 21.0. The highest BCUT2D eigenvalue weighted by molar-refractivity contribution is 14.0. The van der Waals surface area contributed by atoms with Crippen LogP contribution in [0.4, 0.5) is 0 Å².